The van der Waals surface area contributed by atoms with E-state index in [0.29, 0.717) is 0 Å². The molecule has 0 atom stereocenters. The molecule has 10 rings (SSSR count). The number of fused-ring (bicyclic) bond motifs is 10. The van der Waals surface area contributed by atoms with Crippen molar-refractivity contribution in [2.45, 2.75) is 26.2 Å². The number of aryl methyl sites for hydroxylation is 1. The molecular formula is C46H34N2O. The fourth-order valence-electron chi connectivity index (χ4n) is 8.05. The quantitative estimate of drug-likeness (QED) is 0.179. The maximum absolute atomic E-state index is 6.61. The van der Waals surface area contributed by atoms with Crippen LogP contribution in [0, 0.1) is 0 Å². The van der Waals surface area contributed by atoms with Crippen LogP contribution in [0.5, 0.6) is 0 Å². The van der Waals surface area contributed by atoms with Gasteiger partial charge in [-0.05, 0) is 78.6 Å². The smallest absolute Gasteiger partial charge is 0.143 e. The molecule has 3 heterocycles. The molecule has 234 valence electrons. The largest absolute Gasteiger partial charge is 0.455 e. The molecule has 0 saturated carbocycles. The van der Waals surface area contributed by atoms with Gasteiger partial charge in [-0.2, -0.15) is 0 Å². The van der Waals surface area contributed by atoms with Gasteiger partial charge in [0.2, 0.25) is 0 Å². The van der Waals surface area contributed by atoms with Crippen molar-refractivity contribution in [3.8, 4) is 22.5 Å². The lowest BCUT2D eigenvalue weighted by Gasteiger charge is -2.12. The van der Waals surface area contributed by atoms with E-state index in [1.165, 1.54) is 72.8 Å². The summed E-state index contributed by atoms with van der Waals surface area (Å²) >= 11 is 0. The van der Waals surface area contributed by atoms with Crippen molar-refractivity contribution < 1.29 is 4.42 Å². The highest BCUT2D eigenvalue weighted by molar-refractivity contribution is 6.26. The van der Waals surface area contributed by atoms with Gasteiger partial charge in [-0.15, -0.1) is 0 Å². The Morgan fingerprint density at radius 1 is 0.510 bits per heavy atom. The lowest BCUT2D eigenvalue weighted by atomic mass is 10.0. The molecule has 0 saturated heterocycles. The van der Waals surface area contributed by atoms with Crippen LogP contribution in [0.3, 0.4) is 0 Å². The molecule has 10 aromatic rings. The minimum atomic E-state index is 0.942. The van der Waals surface area contributed by atoms with Crippen LogP contribution < -0.4 is 0 Å². The van der Waals surface area contributed by atoms with Gasteiger partial charge in [0.05, 0.1) is 22.1 Å². The molecule has 7 aromatic carbocycles. The van der Waals surface area contributed by atoms with Crippen molar-refractivity contribution in [3.05, 3.63) is 157 Å². The summed E-state index contributed by atoms with van der Waals surface area (Å²) < 4.78 is 11.5. The van der Waals surface area contributed by atoms with E-state index < -0.39 is 0 Å². The van der Waals surface area contributed by atoms with Gasteiger partial charge in [-0.1, -0.05) is 110 Å². The fraction of sp³-hybridized carbons (Fsp3) is 0.0870. The van der Waals surface area contributed by atoms with Gasteiger partial charge < -0.3 is 13.6 Å². The van der Waals surface area contributed by atoms with Crippen LogP contribution in [0.2, 0.25) is 0 Å². The Morgan fingerprint density at radius 3 is 2.10 bits per heavy atom. The first-order chi connectivity index (χ1) is 24.3. The van der Waals surface area contributed by atoms with Crippen molar-refractivity contribution in [2.75, 3.05) is 0 Å². The molecule has 0 spiro atoms. The summed E-state index contributed by atoms with van der Waals surface area (Å²) in [5.41, 5.74) is 12.6. The highest BCUT2D eigenvalue weighted by Gasteiger charge is 2.21. The summed E-state index contributed by atoms with van der Waals surface area (Å²) in [5, 5.41) is 7.38. The zero-order valence-corrected chi connectivity index (χ0v) is 27.4. The highest BCUT2D eigenvalue weighted by Crippen LogP contribution is 2.43. The van der Waals surface area contributed by atoms with Crippen molar-refractivity contribution in [3.63, 3.8) is 0 Å². The molecule has 0 unspecified atom stereocenters. The topological polar surface area (TPSA) is 23.0 Å². The Balaban J connectivity index is 1.24. The number of furan rings is 1. The fourth-order valence-corrected chi connectivity index (χ4v) is 8.05. The second-order valence-electron chi connectivity index (χ2n) is 13.2. The van der Waals surface area contributed by atoms with E-state index >= 15 is 0 Å². The van der Waals surface area contributed by atoms with Crippen LogP contribution in [0.1, 0.15) is 25.3 Å². The number of para-hydroxylation sites is 4. The minimum absolute atomic E-state index is 0.942. The maximum Gasteiger partial charge on any atom is 0.143 e. The molecule has 0 fully saturated rings. The number of nitrogens with zero attached hydrogens (tertiary/aromatic N) is 2. The first-order valence-corrected chi connectivity index (χ1v) is 17.3. The lowest BCUT2D eigenvalue weighted by Crippen LogP contribution is -1.96. The van der Waals surface area contributed by atoms with E-state index in [1.807, 2.05) is 0 Å². The lowest BCUT2D eigenvalue weighted by molar-refractivity contribution is 0.669. The molecule has 3 aromatic heterocycles. The van der Waals surface area contributed by atoms with Crippen molar-refractivity contribution in [1.29, 1.82) is 0 Å². The summed E-state index contributed by atoms with van der Waals surface area (Å²) in [5.74, 6) is 0. The van der Waals surface area contributed by atoms with E-state index in [4.69, 9.17) is 4.42 Å². The van der Waals surface area contributed by atoms with Gasteiger partial charge in [-0.3, -0.25) is 0 Å². The molecule has 0 aliphatic carbocycles. The molecular weight excluding hydrogens is 597 g/mol. The maximum atomic E-state index is 6.61. The second-order valence-corrected chi connectivity index (χ2v) is 13.2. The van der Waals surface area contributed by atoms with Crippen molar-refractivity contribution in [1.82, 2.24) is 9.13 Å². The van der Waals surface area contributed by atoms with E-state index in [0.717, 1.165) is 40.1 Å². The first kappa shape index (κ1) is 28.0. The van der Waals surface area contributed by atoms with Crippen molar-refractivity contribution >= 4 is 65.6 Å². The molecule has 0 amide bonds. The molecule has 3 nitrogen and oxygen atoms in total. The predicted molar refractivity (Wildman–Crippen MR) is 206 cm³/mol. The number of rotatable bonds is 6. The number of hydrogen-bond acceptors (Lipinski definition) is 1. The minimum Gasteiger partial charge on any atom is -0.455 e. The average molecular weight is 631 g/mol. The van der Waals surface area contributed by atoms with E-state index in [9.17, 15) is 0 Å². The Morgan fingerprint density at radius 2 is 1.24 bits per heavy atom. The Labute approximate surface area is 284 Å². The summed E-state index contributed by atoms with van der Waals surface area (Å²) in [6.07, 6.45) is 3.48. The molecule has 3 heteroatoms. The number of hydrogen-bond donors (Lipinski definition) is 0. The predicted octanol–water partition coefficient (Wildman–Crippen LogP) is 12.8. The Kier molecular flexibility index (Phi) is 6.29. The summed E-state index contributed by atoms with van der Waals surface area (Å²) in [7, 11) is 0. The van der Waals surface area contributed by atoms with Gasteiger partial charge in [0.15, 0.2) is 0 Å². The van der Waals surface area contributed by atoms with Crippen LogP contribution in [0.15, 0.2) is 156 Å². The average Bonchev–Trinajstić information content (AvgIpc) is 3.82. The van der Waals surface area contributed by atoms with Crippen LogP contribution in [-0.2, 0) is 6.42 Å². The Hall–Kier alpha value is -6.06. The van der Waals surface area contributed by atoms with Crippen LogP contribution >= 0.6 is 0 Å². The Bertz CT molecular complexity index is 2870. The first-order valence-electron chi connectivity index (χ1n) is 17.3. The molecule has 0 N–H and O–H groups in total. The van der Waals surface area contributed by atoms with Gasteiger partial charge in [-0.25, -0.2) is 0 Å². The van der Waals surface area contributed by atoms with E-state index in [2.05, 4.69) is 168 Å². The zero-order chi connectivity index (χ0) is 32.5. The van der Waals surface area contributed by atoms with Gasteiger partial charge in [0.25, 0.3) is 0 Å². The zero-order valence-electron chi connectivity index (χ0n) is 27.4. The van der Waals surface area contributed by atoms with Gasteiger partial charge >= 0.3 is 0 Å². The summed E-state index contributed by atoms with van der Waals surface area (Å²) in [4.78, 5) is 0. The third kappa shape index (κ3) is 4.22. The highest BCUT2D eigenvalue weighted by atomic mass is 16.3. The number of benzene rings is 7. The summed E-state index contributed by atoms with van der Waals surface area (Å²) in [6, 6.07) is 55.1. The van der Waals surface area contributed by atoms with Crippen LogP contribution in [0.4, 0.5) is 0 Å². The monoisotopic (exact) mass is 630 g/mol. The molecule has 0 aliphatic rings. The van der Waals surface area contributed by atoms with E-state index in [1.54, 1.807) is 0 Å². The second kappa shape index (κ2) is 11.0. The van der Waals surface area contributed by atoms with Crippen LogP contribution in [0.25, 0.3) is 88.1 Å². The number of aromatic nitrogens is 2. The summed E-state index contributed by atoms with van der Waals surface area (Å²) in [6.45, 7) is 2.25. The van der Waals surface area contributed by atoms with Gasteiger partial charge in [0.1, 0.15) is 11.2 Å². The molecule has 0 aliphatic heterocycles. The van der Waals surface area contributed by atoms with E-state index in [-0.39, 0.29) is 0 Å². The van der Waals surface area contributed by atoms with Gasteiger partial charge in [0, 0.05) is 49.3 Å². The standard InChI is InChI=1S/C46H34N2O/c1-2-3-13-30-24-27-43-39(28-30)37-21-12-20-34(46(37)49-43)31-14-11-17-33(29-31)48-40-22-9-7-18-35(40)36-25-26-42-44(45(36)48)38-19-8-10-23-41(38)47(42)32-15-5-4-6-16-32/h4-12,14-29H,2-3,13H2,1H3. The SMILES string of the molecule is CCCCc1ccc2oc3c(-c4cccc(-n5c6ccccc6c6ccc7c(c8ccccc8n7-c7ccccc7)c65)c4)cccc3c2c1. The number of unbranched alkanes of at least 4 members (excludes halogenated alkanes) is 1. The van der Waals surface area contributed by atoms with Crippen molar-refractivity contribution in [2.24, 2.45) is 0 Å². The third-order valence-electron chi connectivity index (χ3n) is 10.3. The molecule has 0 bridgehead atoms. The third-order valence-corrected chi connectivity index (χ3v) is 10.3. The van der Waals surface area contributed by atoms with Crippen LogP contribution in [-0.4, -0.2) is 9.13 Å². The molecule has 49 heavy (non-hydrogen) atoms. The normalized spacial score (nSPS) is 12.0. The molecule has 0 radical (unpaired) electrons.